The molecule has 3 atom stereocenters. The van der Waals surface area contributed by atoms with E-state index in [4.69, 9.17) is 10.5 Å². The second-order valence-electron chi connectivity index (χ2n) is 8.67. The topological polar surface area (TPSA) is 118 Å². The van der Waals surface area contributed by atoms with Crippen molar-refractivity contribution in [2.75, 3.05) is 23.8 Å². The number of rotatable bonds is 4. The van der Waals surface area contributed by atoms with Gasteiger partial charge < -0.3 is 25.7 Å². The predicted octanol–water partition coefficient (Wildman–Crippen LogP) is 3.25. The van der Waals surface area contributed by atoms with E-state index in [-0.39, 0.29) is 23.5 Å². The van der Waals surface area contributed by atoms with Crippen LogP contribution in [0.15, 0.2) is 18.5 Å². The van der Waals surface area contributed by atoms with Gasteiger partial charge in [0.25, 0.3) is 0 Å². The van der Waals surface area contributed by atoms with Crippen LogP contribution in [0.2, 0.25) is 0 Å². The highest BCUT2D eigenvalue weighted by atomic mass is 19.2. The van der Waals surface area contributed by atoms with E-state index < -0.39 is 11.6 Å². The molecular formula is C22H22F2N8O. The van der Waals surface area contributed by atoms with Gasteiger partial charge in [-0.1, -0.05) is 0 Å². The van der Waals surface area contributed by atoms with Gasteiger partial charge in [-0.05, 0) is 25.7 Å². The van der Waals surface area contributed by atoms with E-state index in [1.165, 1.54) is 12.4 Å². The Hall–Kier alpha value is -3.60. The molecule has 0 amide bonds. The average molecular weight is 452 g/mol. The molecule has 33 heavy (non-hydrogen) atoms. The van der Waals surface area contributed by atoms with Gasteiger partial charge in [0, 0.05) is 31.7 Å². The first kappa shape index (κ1) is 20.0. The highest BCUT2D eigenvalue weighted by Gasteiger charge is 2.44. The lowest BCUT2D eigenvalue weighted by atomic mass is 10.0. The monoisotopic (exact) mass is 452 g/mol. The van der Waals surface area contributed by atoms with E-state index in [0.29, 0.717) is 52.1 Å². The standard InChI is InChI=1S/C22H22F2N8O/c1-9-27-6-12(7-28-9)33-22-30-20-17(16-18(24)13(23)5-15(26-2)19(16)29-20)21(31-22)32-8-10-3-11(32)4-14(10)25/h5-7,10-11,14,26H,3-4,8,25H2,1-2H3,(H,29,30,31)/t10-,11-,14-/m1/s1. The van der Waals surface area contributed by atoms with Crippen LogP contribution >= 0.6 is 0 Å². The third-order valence-corrected chi connectivity index (χ3v) is 6.69. The summed E-state index contributed by atoms with van der Waals surface area (Å²) in [5.41, 5.74) is 7.44. The molecule has 1 aliphatic carbocycles. The van der Waals surface area contributed by atoms with E-state index >= 15 is 4.39 Å². The van der Waals surface area contributed by atoms with Gasteiger partial charge in [-0.15, -0.1) is 0 Å². The quantitative estimate of drug-likeness (QED) is 0.432. The summed E-state index contributed by atoms with van der Waals surface area (Å²) in [6.07, 6.45) is 4.83. The number of H-pyrrole nitrogens is 1. The van der Waals surface area contributed by atoms with Gasteiger partial charge in [-0.2, -0.15) is 9.97 Å². The Kier molecular flexibility index (Phi) is 4.37. The van der Waals surface area contributed by atoms with E-state index in [1.807, 2.05) is 0 Å². The normalized spacial score (nSPS) is 22.0. The van der Waals surface area contributed by atoms with Crippen molar-refractivity contribution in [1.29, 1.82) is 0 Å². The molecule has 2 fully saturated rings. The third kappa shape index (κ3) is 3.06. The largest absolute Gasteiger partial charge is 0.421 e. The fourth-order valence-corrected chi connectivity index (χ4v) is 5.10. The van der Waals surface area contributed by atoms with E-state index in [1.54, 1.807) is 14.0 Å². The van der Waals surface area contributed by atoms with Crippen LogP contribution in [0.25, 0.3) is 21.9 Å². The minimum atomic E-state index is -0.944. The van der Waals surface area contributed by atoms with Gasteiger partial charge in [0.2, 0.25) is 0 Å². The Morgan fingerprint density at radius 2 is 1.97 bits per heavy atom. The maximum absolute atomic E-state index is 15.1. The van der Waals surface area contributed by atoms with Crippen LogP contribution in [0.5, 0.6) is 11.8 Å². The van der Waals surface area contributed by atoms with Crippen LogP contribution in [0.4, 0.5) is 20.3 Å². The highest BCUT2D eigenvalue weighted by Crippen LogP contribution is 2.44. The average Bonchev–Trinajstić information content (AvgIpc) is 3.49. The van der Waals surface area contributed by atoms with Gasteiger partial charge in [0.05, 0.1) is 34.4 Å². The van der Waals surface area contributed by atoms with Crippen LogP contribution in [-0.4, -0.2) is 50.6 Å². The number of ether oxygens (including phenoxy) is 1. The Morgan fingerprint density at radius 1 is 1.18 bits per heavy atom. The minimum Gasteiger partial charge on any atom is -0.421 e. The van der Waals surface area contributed by atoms with Gasteiger partial charge in [-0.25, -0.2) is 18.7 Å². The molecule has 1 aliphatic heterocycles. The molecular weight excluding hydrogens is 430 g/mol. The fourth-order valence-electron chi connectivity index (χ4n) is 5.10. The molecule has 4 N–H and O–H groups in total. The van der Waals surface area contributed by atoms with Gasteiger partial charge >= 0.3 is 6.01 Å². The van der Waals surface area contributed by atoms with Crippen LogP contribution < -0.4 is 20.7 Å². The third-order valence-electron chi connectivity index (χ3n) is 6.69. The first-order valence-corrected chi connectivity index (χ1v) is 10.8. The maximum atomic E-state index is 15.1. The molecule has 0 radical (unpaired) electrons. The number of nitrogens with zero attached hydrogens (tertiary/aromatic N) is 5. The van der Waals surface area contributed by atoms with E-state index in [2.05, 4.69) is 35.1 Å². The molecule has 0 unspecified atom stereocenters. The van der Waals surface area contributed by atoms with Crippen molar-refractivity contribution in [3.8, 4) is 11.8 Å². The van der Waals surface area contributed by atoms with E-state index in [0.717, 1.165) is 18.9 Å². The number of hydrogen-bond donors (Lipinski definition) is 3. The van der Waals surface area contributed by atoms with Crippen molar-refractivity contribution in [2.24, 2.45) is 11.7 Å². The molecule has 170 valence electrons. The fraction of sp³-hybridized carbons (Fsp3) is 0.364. The van der Waals surface area contributed by atoms with Crippen LogP contribution in [0.1, 0.15) is 18.7 Å². The summed E-state index contributed by atoms with van der Waals surface area (Å²) < 4.78 is 35.4. The molecule has 2 bridgehead atoms. The number of nitrogens with one attached hydrogen (secondary N) is 2. The maximum Gasteiger partial charge on any atom is 0.326 e. The number of hydrogen-bond acceptors (Lipinski definition) is 8. The zero-order valence-electron chi connectivity index (χ0n) is 18.1. The van der Waals surface area contributed by atoms with Crippen molar-refractivity contribution in [1.82, 2.24) is 24.9 Å². The summed E-state index contributed by atoms with van der Waals surface area (Å²) in [4.78, 5) is 22.7. The zero-order valence-corrected chi connectivity index (χ0v) is 18.1. The summed E-state index contributed by atoms with van der Waals surface area (Å²) in [7, 11) is 1.65. The predicted molar refractivity (Wildman–Crippen MR) is 120 cm³/mol. The number of aryl methyl sites for hydroxylation is 1. The summed E-state index contributed by atoms with van der Waals surface area (Å²) >= 11 is 0. The Bertz CT molecular complexity index is 1390. The summed E-state index contributed by atoms with van der Waals surface area (Å²) in [5.74, 6) is -0.0750. The van der Waals surface area contributed by atoms with Crippen LogP contribution in [0, 0.1) is 24.5 Å². The first-order valence-electron chi connectivity index (χ1n) is 10.8. The lowest BCUT2D eigenvalue weighted by Gasteiger charge is -2.31. The number of benzene rings is 1. The highest BCUT2D eigenvalue weighted by molar-refractivity contribution is 6.15. The number of halogens is 2. The van der Waals surface area contributed by atoms with Crippen molar-refractivity contribution >= 4 is 33.4 Å². The number of piperidine rings is 1. The minimum absolute atomic E-state index is 0.0652. The zero-order chi connectivity index (χ0) is 22.9. The van der Waals surface area contributed by atoms with Crippen molar-refractivity contribution < 1.29 is 13.5 Å². The molecule has 9 nitrogen and oxygen atoms in total. The number of anilines is 2. The molecule has 1 saturated carbocycles. The molecule has 1 saturated heterocycles. The second kappa shape index (κ2) is 7.20. The first-order chi connectivity index (χ1) is 15.9. The molecule has 3 aromatic heterocycles. The number of aromatic amines is 1. The molecule has 4 heterocycles. The van der Waals surface area contributed by atoms with Crippen molar-refractivity contribution in [3.63, 3.8) is 0 Å². The van der Waals surface area contributed by atoms with Crippen molar-refractivity contribution in [2.45, 2.75) is 31.8 Å². The van der Waals surface area contributed by atoms with E-state index in [9.17, 15) is 4.39 Å². The molecule has 4 aromatic rings. The number of aromatic nitrogens is 5. The second-order valence-corrected chi connectivity index (χ2v) is 8.67. The van der Waals surface area contributed by atoms with Gasteiger partial charge in [0.1, 0.15) is 17.3 Å². The molecule has 11 heteroatoms. The summed E-state index contributed by atoms with van der Waals surface area (Å²) in [5, 5.41) is 3.45. The SMILES string of the molecule is CNc1cc(F)c(F)c2c1[nH]c1nc(Oc3cnc(C)nc3)nc(N3C[C@H]4C[C@@H]3C[C@H]4N)c12. The lowest BCUT2D eigenvalue weighted by molar-refractivity contribution is 0.435. The molecule has 0 spiro atoms. The van der Waals surface area contributed by atoms with Crippen LogP contribution in [0.3, 0.4) is 0 Å². The smallest absolute Gasteiger partial charge is 0.326 e. The number of nitrogens with two attached hydrogens (primary N) is 1. The van der Waals surface area contributed by atoms with Gasteiger partial charge in [-0.3, -0.25) is 0 Å². The molecule has 2 aliphatic rings. The molecule has 6 rings (SSSR count). The van der Waals surface area contributed by atoms with Crippen molar-refractivity contribution in [3.05, 3.63) is 35.9 Å². The lowest BCUT2D eigenvalue weighted by Crippen LogP contribution is -2.41. The Labute approximate surface area is 187 Å². The summed E-state index contributed by atoms with van der Waals surface area (Å²) in [6, 6.07) is 1.49. The Morgan fingerprint density at radius 3 is 2.64 bits per heavy atom. The Balaban J connectivity index is 1.58. The van der Waals surface area contributed by atoms with Crippen LogP contribution in [-0.2, 0) is 0 Å². The molecule has 1 aromatic carbocycles. The summed E-state index contributed by atoms with van der Waals surface area (Å²) in [6.45, 7) is 2.46. The number of fused-ring (bicyclic) bond motifs is 5. The van der Waals surface area contributed by atoms with Gasteiger partial charge in [0.15, 0.2) is 17.4 Å².